The molecule has 0 aliphatic rings. The van der Waals surface area contributed by atoms with E-state index in [1.807, 2.05) is 36.4 Å². The maximum atomic E-state index is 8.92. The number of rotatable bonds is 17. The molecule has 0 unspecified atom stereocenters. The van der Waals surface area contributed by atoms with Gasteiger partial charge in [-0.05, 0) is 24.8 Å². The fourth-order valence-corrected chi connectivity index (χ4v) is 3.72. The highest BCUT2D eigenvalue weighted by molar-refractivity contribution is 6.11. The minimum Gasteiger partial charge on any atom is -0.395 e. The van der Waals surface area contributed by atoms with Gasteiger partial charge in [-0.1, -0.05) is 150 Å². The number of nitriles is 1. The lowest BCUT2D eigenvalue weighted by atomic mass is 10.0. The van der Waals surface area contributed by atoms with Gasteiger partial charge in [-0.25, -0.2) is 0 Å². The summed E-state index contributed by atoms with van der Waals surface area (Å²) in [7, 11) is 0. The van der Waals surface area contributed by atoms with E-state index in [4.69, 9.17) is 10.1 Å². The summed E-state index contributed by atoms with van der Waals surface area (Å²) in [4.78, 5) is 5.11. The smallest absolute Gasteiger partial charge is 0.186 e. The quantitative estimate of drug-likeness (QED) is 0.133. The maximum Gasteiger partial charge on any atom is 0.186 e. The lowest BCUT2D eigenvalue weighted by Gasteiger charge is -2.03. The Labute approximate surface area is 209 Å². The van der Waals surface area contributed by atoms with Crippen molar-refractivity contribution in [3.63, 3.8) is 0 Å². The number of hydrogen-bond donors (Lipinski definition) is 0. The number of oxime groups is 1. The molecule has 0 saturated carbocycles. The number of aryl methyl sites for hydroxylation is 1. The molecule has 0 amide bonds. The van der Waals surface area contributed by atoms with Crippen molar-refractivity contribution in [2.24, 2.45) is 5.16 Å². The van der Waals surface area contributed by atoms with E-state index in [0.717, 1.165) is 24.8 Å². The van der Waals surface area contributed by atoms with Crippen LogP contribution in [0.5, 0.6) is 0 Å². The Morgan fingerprint density at radius 2 is 1.18 bits per heavy atom. The summed E-state index contributed by atoms with van der Waals surface area (Å²) in [6.07, 6.45) is 18.8. The van der Waals surface area contributed by atoms with E-state index >= 15 is 0 Å². The van der Waals surface area contributed by atoms with Gasteiger partial charge in [-0.15, -0.1) is 0 Å². The Bertz CT molecular complexity index is 765. The minimum atomic E-state index is 0.331. The molecule has 0 aromatic heterocycles. The van der Waals surface area contributed by atoms with Crippen LogP contribution in [0.2, 0.25) is 0 Å². The Hall–Kier alpha value is -2.60. The van der Waals surface area contributed by atoms with Gasteiger partial charge in [0.05, 0.1) is 0 Å². The molecule has 186 valence electrons. The van der Waals surface area contributed by atoms with Gasteiger partial charge in [0.25, 0.3) is 0 Å². The molecule has 3 heteroatoms. The second-order valence-corrected chi connectivity index (χ2v) is 8.88. The highest BCUT2D eigenvalue weighted by Gasteiger charge is 2.01. The van der Waals surface area contributed by atoms with Crippen LogP contribution < -0.4 is 0 Å². The fraction of sp³-hybridized carbons (Fsp3) is 0.548. The van der Waals surface area contributed by atoms with Crippen molar-refractivity contribution in [2.75, 3.05) is 6.61 Å². The van der Waals surface area contributed by atoms with Crippen LogP contribution in [0.4, 0.5) is 0 Å². The molecule has 0 radical (unpaired) electrons. The van der Waals surface area contributed by atoms with Gasteiger partial charge in [0, 0.05) is 5.56 Å². The summed E-state index contributed by atoms with van der Waals surface area (Å²) in [6, 6.07) is 22.3. The number of hydrogen-bond acceptors (Lipinski definition) is 3. The molecular formula is C31H46N2O. The van der Waals surface area contributed by atoms with Gasteiger partial charge in [0.15, 0.2) is 5.71 Å². The van der Waals surface area contributed by atoms with E-state index in [0.29, 0.717) is 12.3 Å². The minimum absolute atomic E-state index is 0.331. The summed E-state index contributed by atoms with van der Waals surface area (Å²) in [5.41, 5.74) is 2.62. The standard InChI is InChI=1S/C18H30.C13H16N2O/c1-2-3-4-5-6-7-8-9-10-12-15-18-16-13-11-14-17-18;1-2-3-7-10-16-15-13(11-14)12-8-5-4-6-9-12/h11,13-14,16-17H,2-10,12,15H2,1H3;4-6,8-9H,2-3,7,10H2,1H3. The predicted octanol–water partition coefficient (Wildman–Crippen LogP) is 9.27. The summed E-state index contributed by atoms with van der Waals surface area (Å²) in [5, 5.41) is 12.8. The van der Waals surface area contributed by atoms with Crippen LogP contribution in [0.3, 0.4) is 0 Å². The maximum absolute atomic E-state index is 8.92. The number of nitrogens with zero attached hydrogens (tertiary/aromatic N) is 2. The van der Waals surface area contributed by atoms with Gasteiger partial charge < -0.3 is 4.84 Å². The normalized spacial score (nSPS) is 10.8. The molecule has 0 aliphatic heterocycles. The van der Waals surface area contributed by atoms with Crippen LogP contribution in [0.15, 0.2) is 65.8 Å². The van der Waals surface area contributed by atoms with Gasteiger partial charge in [-0.3, -0.25) is 0 Å². The van der Waals surface area contributed by atoms with E-state index in [1.165, 1.54) is 76.2 Å². The SMILES string of the molecule is CCCCCCCCCCCCc1ccccc1.CCCCCON=C(C#N)c1ccccc1. The van der Waals surface area contributed by atoms with Gasteiger partial charge in [0.1, 0.15) is 12.7 Å². The van der Waals surface area contributed by atoms with Gasteiger partial charge in [0.2, 0.25) is 0 Å². The molecule has 2 aromatic carbocycles. The third-order valence-electron chi connectivity index (χ3n) is 5.81. The van der Waals surface area contributed by atoms with Crippen molar-refractivity contribution in [1.82, 2.24) is 0 Å². The van der Waals surface area contributed by atoms with Crippen molar-refractivity contribution >= 4 is 5.71 Å². The average Bonchev–Trinajstić information content (AvgIpc) is 2.89. The molecule has 0 N–H and O–H groups in total. The monoisotopic (exact) mass is 462 g/mol. The topological polar surface area (TPSA) is 45.4 Å². The van der Waals surface area contributed by atoms with Crippen molar-refractivity contribution < 1.29 is 4.84 Å². The fourth-order valence-electron chi connectivity index (χ4n) is 3.72. The van der Waals surface area contributed by atoms with Gasteiger partial charge >= 0.3 is 0 Å². The Morgan fingerprint density at radius 1 is 0.676 bits per heavy atom. The lowest BCUT2D eigenvalue weighted by molar-refractivity contribution is 0.140. The molecule has 3 nitrogen and oxygen atoms in total. The zero-order valence-corrected chi connectivity index (χ0v) is 21.7. The highest BCUT2D eigenvalue weighted by Crippen LogP contribution is 2.12. The van der Waals surface area contributed by atoms with E-state index in [-0.39, 0.29) is 0 Å². The highest BCUT2D eigenvalue weighted by atomic mass is 16.6. The molecule has 0 spiro atoms. The van der Waals surface area contributed by atoms with Crippen LogP contribution in [-0.2, 0) is 11.3 Å². The Balaban J connectivity index is 0.000000342. The second kappa shape index (κ2) is 22.2. The van der Waals surface area contributed by atoms with Crippen LogP contribution in [0.1, 0.15) is 108 Å². The summed E-state index contributed by atoms with van der Waals surface area (Å²) < 4.78 is 0. The molecule has 0 heterocycles. The Morgan fingerprint density at radius 3 is 1.74 bits per heavy atom. The van der Waals surface area contributed by atoms with Gasteiger partial charge in [-0.2, -0.15) is 5.26 Å². The third kappa shape index (κ3) is 16.1. The van der Waals surface area contributed by atoms with Crippen molar-refractivity contribution in [3.05, 3.63) is 71.8 Å². The molecule has 0 bridgehead atoms. The summed E-state index contributed by atoms with van der Waals surface area (Å²) >= 11 is 0. The van der Waals surface area contributed by atoms with Crippen LogP contribution in [0, 0.1) is 11.3 Å². The van der Waals surface area contributed by atoms with E-state index in [1.54, 1.807) is 0 Å². The van der Waals surface area contributed by atoms with Crippen molar-refractivity contribution in [2.45, 2.75) is 104 Å². The largest absolute Gasteiger partial charge is 0.395 e. The van der Waals surface area contributed by atoms with Crippen molar-refractivity contribution in [3.8, 4) is 6.07 Å². The third-order valence-corrected chi connectivity index (χ3v) is 5.81. The van der Waals surface area contributed by atoms with E-state index < -0.39 is 0 Å². The zero-order valence-electron chi connectivity index (χ0n) is 21.7. The first kappa shape index (κ1) is 29.4. The predicted molar refractivity (Wildman–Crippen MR) is 146 cm³/mol. The first-order chi connectivity index (χ1) is 16.8. The molecule has 34 heavy (non-hydrogen) atoms. The molecule has 0 aliphatic carbocycles. The molecule has 0 fully saturated rings. The number of unbranched alkanes of at least 4 members (excludes halogenated alkanes) is 11. The molecular weight excluding hydrogens is 416 g/mol. The molecule has 2 aromatic rings. The summed E-state index contributed by atoms with van der Waals surface area (Å²) in [5.74, 6) is 0. The van der Waals surface area contributed by atoms with E-state index in [9.17, 15) is 0 Å². The summed E-state index contributed by atoms with van der Waals surface area (Å²) in [6.45, 7) is 4.99. The average molecular weight is 463 g/mol. The number of benzene rings is 2. The van der Waals surface area contributed by atoms with Crippen molar-refractivity contribution in [1.29, 1.82) is 5.26 Å². The van der Waals surface area contributed by atoms with Crippen LogP contribution in [-0.4, -0.2) is 12.3 Å². The zero-order chi connectivity index (χ0) is 24.5. The molecule has 0 atom stereocenters. The second-order valence-electron chi connectivity index (χ2n) is 8.88. The van der Waals surface area contributed by atoms with Crippen LogP contribution in [0.25, 0.3) is 0 Å². The van der Waals surface area contributed by atoms with Crippen LogP contribution >= 0.6 is 0 Å². The van der Waals surface area contributed by atoms with E-state index in [2.05, 4.69) is 49.3 Å². The lowest BCUT2D eigenvalue weighted by Crippen LogP contribution is -1.99. The molecule has 2 rings (SSSR count). The first-order valence-corrected chi connectivity index (χ1v) is 13.5. The first-order valence-electron chi connectivity index (χ1n) is 13.5. The Kier molecular flexibility index (Phi) is 19.2. The molecule has 0 saturated heterocycles.